The Balaban J connectivity index is 1.34. The lowest BCUT2D eigenvalue weighted by atomic mass is 10.1. The smallest absolute Gasteiger partial charge is 0.325 e. The number of anilines is 1. The number of rotatable bonds is 6. The van der Waals surface area contributed by atoms with E-state index >= 15 is 0 Å². The molecular formula is C24H24N4O5S. The van der Waals surface area contributed by atoms with Crippen LogP contribution in [0.3, 0.4) is 0 Å². The van der Waals surface area contributed by atoms with Crippen molar-refractivity contribution in [3.05, 3.63) is 66.4 Å². The number of imide groups is 1. The van der Waals surface area contributed by atoms with Crippen molar-refractivity contribution >= 4 is 44.3 Å². The molecule has 10 heteroatoms. The van der Waals surface area contributed by atoms with Crippen LogP contribution in [0.1, 0.15) is 12.0 Å². The summed E-state index contributed by atoms with van der Waals surface area (Å²) in [6.45, 7) is -0.458. The number of benzene rings is 2. The summed E-state index contributed by atoms with van der Waals surface area (Å²) < 4.78 is 24.1. The summed E-state index contributed by atoms with van der Waals surface area (Å²) in [5.74, 6) is -1.11. The minimum Gasteiger partial charge on any atom is -0.361 e. The molecule has 0 unspecified atom stereocenters. The maximum atomic E-state index is 13.3. The molecule has 2 saturated heterocycles. The first-order chi connectivity index (χ1) is 16.3. The fourth-order valence-corrected chi connectivity index (χ4v) is 6.42. The van der Waals surface area contributed by atoms with Gasteiger partial charge >= 0.3 is 6.03 Å². The van der Waals surface area contributed by atoms with Crippen LogP contribution in [0, 0.1) is 0 Å². The molecule has 1 aromatic heterocycles. The number of sulfone groups is 1. The summed E-state index contributed by atoms with van der Waals surface area (Å²) in [7, 11) is -3.24. The van der Waals surface area contributed by atoms with Crippen molar-refractivity contribution in [2.24, 2.45) is 0 Å². The van der Waals surface area contributed by atoms with Crippen LogP contribution in [0.2, 0.25) is 0 Å². The molecule has 9 nitrogen and oxygen atoms in total. The molecule has 2 N–H and O–H groups in total. The quantitative estimate of drug-likeness (QED) is 0.522. The summed E-state index contributed by atoms with van der Waals surface area (Å²) >= 11 is 0. The Labute approximate surface area is 196 Å². The Bertz CT molecular complexity index is 1370. The monoisotopic (exact) mass is 480 g/mol. The van der Waals surface area contributed by atoms with Gasteiger partial charge in [0.05, 0.1) is 17.5 Å². The van der Waals surface area contributed by atoms with Gasteiger partial charge in [-0.25, -0.2) is 13.2 Å². The highest BCUT2D eigenvalue weighted by atomic mass is 32.2. The molecule has 0 saturated carbocycles. The first-order valence-electron chi connectivity index (χ1n) is 11.1. The van der Waals surface area contributed by atoms with E-state index < -0.39 is 46.3 Å². The fraction of sp³-hybridized carbons (Fsp3) is 0.292. The number of nitrogens with zero attached hydrogens (tertiary/aromatic N) is 2. The minimum absolute atomic E-state index is 0.00407. The molecule has 2 aliphatic rings. The van der Waals surface area contributed by atoms with Crippen molar-refractivity contribution in [1.82, 2.24) is 15.2 Å². The van der Waals surface area contributed by atoms with E-state index in [1.165, 1.54) is 4.90 Å². The first-order valence-corrected chi connectivity index (χ1v) is 12.9. The molecule has 0 aliphatic carbocycles. The van der Waals surface area contributed by atoms with Crippen LogP contribution in [0.5, 0.6) is 0 Å². The summed E-state index contributed by atoms with van der Waals surface area (Å²) in [5, 5.41) is 3.65. The zero-order chi connectivity index (χ0) is 23.9. The number of carbonyl (C=O) groups is 3. The second-order valence-electron chi connectivity index (χ2n) is 8.65. The van der Waals surface area contributed by atoms with Crippen LogP contribution in [0.25, 0.3) is 10.9 Å². The number of urea groups is 1. The number of nitrogens with one attached hydrogen (secondary N) is 2. The second kappa shape index (κ2) is 8.60. The van der Waals surface area contributed by atoms with Gasteiger partial charge in [-0.05, 0) is 30.2 Å². The molecule has 34 heavy (non-hydrogen) atoms. The minimum atomic E-state index is -3.24. The van der Waals surface area contributed by atoms with E-state index in [1.54, 1.807) is 30.3 Å². The fourth-order valence-electron chi connectivity index (χ4n) is 4.72. The summed E-state index contributed by atoms with van der Waals surface area (Å²) in [6, 6.07) is 14.5. The molecule has 0 radical (unpaired) electrons. The molecule has 3 heterocycles. The lowest BCUT2D eigenvalue weighted by molar-refractivity contribution is -0.131. The van der Waals surface area contributed by atoms with Crippen molar-refractivity contribution in [3.63, 3.8) is 0 Å². The Morgan fingerprint density at radius 2 is 1.79 bits per heavy atom. The molecule has 3 aromatic rings. The zero-order valence-electron chi connectivity index (χ0n) is 18.3. The molecular weight excluding hydrogens is 456 g/mol. The molecule has 0 bridgehead atoms. The highest BCUT2D eigenvalue weighted by Gasteiger charge is 2.42. The van der Waals surface area contributed by atoms with E-state index in [-0.39, 0.29) is 11.5 Å². The van der Waals surface area contributed by atoms with E-state index in [0.717, 1.165) is 21.4 Å². The predicted molar refractivity (Wildman–Crippen MR) is 127 cm³/mol. The van der Waals surface area contributed by atoms with Gasteiger partial charge < -0.3 is 15.2 Å². The lowest BCUT2D eigenvalue weighted by Crippen LogP contribution is -2.48. The SMILES string of the molecule is O=C1N[C@H](Cc2c[nH]c3ccccc23)C(=O)N1CC(=O)N(c1ccccc1)[C@@H]1CCS(=O)(=O)C1. The van der Waals surface area contributed by atoms with Crippen LogP contribution < -0.4 is 10.2 Å². The number of carbonyl (C=O) groups excluding carboxylic acids is 3. The summed E-state index contributed by atoms with van der Waals surface area (Å²) in [5.41, 5.74) is 2.37. The molecule has 2 aromatic carbocycles. The van der Waals surface area contributed by atoms with E-state index in [9.17, 15) is 22.8 Å². The average molecular weight is 481 g/mol. The van der Waals surface area contributed by atoms with E-state index in [4.69, 9.17) is 0 Å². The van der Waals surface area contributed by atoms with Crippen molar-refractivity contribution in [2.45, 2.75) is 24.9 Å². The summed E-state index contributed by atoms with van der Waals surface area (Å²) in [4.78, 5) is 44.5. The third-order valence-corrected chi connectivity index (χ3v) is 8.13. The molecule has 5 rings (SSSR count). The molecule has 2 aliphatic heterocycles. The topological polar surface area (TPSA) is 120 Å². The van der Waals surface area contributed by atoms with Crippen LogP contribution in [0.15, 0.2) is 60.8 Å². The van der Waals surface area contributed by atoms with Gasteiger partial charge in [0.2, 0.25) is 5.91 Å². The van der Waals surface area contributed by atoms with Crippen molar-refractivity contribution in [2.75, 3.05) is 23.0 Å². The van der Waals surface area contributed by atoms with Gasteiger partial charge in [0, 0.05) is 29.2 Å². The van der Waals surface area contributed by atoms with Crippen molar-refractivity contribution in [3.8, 4) is 0 Å². The summed E-state index contributed by atoms with van der Waals surface area (Å²) in [6.07, 6.45) is 2.42. The van der Waals surface area contributed by atoms with Crippen LogP contribution in [0.4, 0.5) is 10.5 Å². The number of hydrogen-bond donors (Lipinski definition) is 2. The number of fused-ring (bicyclic) bond motifs is 1. The average Bonchev–Trinajstić information content (AvgIpc) is 3.47. The van der Waals surface area contributed by atoms with Gasteiger partial charge in [0.25, 0.3) is 5.91 Å². The van der Waals surface area contributed by atoms with Crippen molar-refractivity contribution in [1.29, 1.82) is 0 Å². The van der Waals surface area contributed by atoms with E-state index in [0.29, 0.717) is 18.5 Å². The number of para-hydroxylation sites is 2. The Hall–Kier alpha value is -3.66. The van der Waals surface area contributed by atoms with Gasteiger partial charge in [-0.2, -0.15) is 0 Å². The van der Waals surface area contributed by atoms with Gasteiger partial charge in [0.15, 0.2) is 9.84 Å². The Morgan fingerprint density at radius 3 is 2.53 bits per heavy atom. The highest BCUT2D eigenvalue weighted by Crippen LogP contribution is 2.26. The third-order valence-electron chi connectivity index (χ3n) is 6.38. The zero-order valence-corrected chi connectivity index (χ0v) is 19.1. The maximum Gasteiger partial charge on any atom is 0.325 e. The highest BCUT2D eigenvalue weighted by molar-refractivity contribution is 7.91. The normalized spacial score (nSPS) is 21.7. The Kier molecular flexibility index (Phi) is 5.60. The standard InChI is InChI=1S/C24H24N4O5S/c29-22(28(17-6-2-1-3-7-17)18-10-11-34(32,33)15-18)14-27-23(30)21(26-24(27)31)12-16-13-25-20-9-5-4-8-19(16)20/h1-9,13,18,21,25H,10-12,14-15H2,(H,26,31)/t18-,21-/m1/s1. The van der Waals surface area contributed by atoms with Gasteiger partial charge in [-0.1, -0.05) is 36.4 Å². The van der Waals surface area contributed by atoms with Gasteiger partial charge in [-0.15, -0.1) is 0 Å². The number of amides is 4. The van der Waals surface area contributed by atoms with E-state index in [2.05, 4.69) is 10.3 Å². The first kappa shape index (κ1) is 22.1. The largest absolute Gasteiger partial charge is 0.361 e. The number of hydrogen-bond acceptors (Lipinski definition) is 5. The van der Waals surface area contributed by atoms with Crippen LogP contribution >= 0.6 is 0 Å². The lowest BCUT2D eigenvalue weighted by Gasteiger charge is -2.29. The molecule has 0 spiro atoms. The number of aromatic amines is 1. The maximum absolute atomic E-state index is 13.3. The van der Waals surface area contributed by atoms with E-state index in [1.807, 2.05) is 30.5 Å². The molecule has 2 atom stereocenters. The second-order valence-corrected chi connectivity index (χ2v) is 10.9. The van der Waals surface area contributed by atoms with Crippen LogP contribution in [-0.2, 0) is 25.8 Å². The molecule has 4 amide bonds. The molecule has 2 fully saturated rings. The predicted octanol–water partition coefficient (Wildman–Crippen LogP) is 1.85. The van der Waals surface area contributed by atoms with Crippen molar-refractivity contribution < 1.29 is 22.8 Å². The third kappa shape index (κ3) is 4.16. The number of H-pyrrole nitrogens is 1. The molecule has 176 valence electrons. The van der Waals surface area contributed by atoms with Gasteiger partial charge in [0.1, 0.15) is 12.6 Å². The van der Waals surface area contributed by atoms with Crippen LogP contribution in [-0.4, -0.2) is 66.3 Å². The van der Waals surface area contributed by atoms with Gasteiger partial charge in [-0.3, -0.25) is 14.5 Å². The Morgan fingerprint density at radius 1 is 1.06 bits per heavy atom. The number of aromatic nitrogens is 1.